The Morgan fingerprint density at radius 1 is 1.20 bits per heavy atom. The molecule has 1 aliphatic carbocycles. The van der Waals surface area contributed by atoms with Gasteiger partial charge in [0.25, 0.3) is 0 Å². The number of carbonyl (C=O) groups is 2. The smallest absolute Gasteiger partial charge is 0.307 e. The van der Waals surface area contributed by atoms with E-state index < -0.39 is 23.2 Å². The molecule has 2 N–H and O–H groups in total. The fourth-order valence-corrected chi connectivity index (χ4v) is 4.03. The van der Waals surface area contributed by atoms with Gasteiger partial charge < -0.3 is 20.1 Å². The Morgan fingerprint density at radius 2 is 1.84 bits per heavy atom. The number of para-hydroxylation sites is 2. The lowest BCUT2D eigenvalue weighted by Crippen LogP contribution is -2.45. The van der Waals surface area contributed by atoms with Crippen molar-refractivity contribution >= 4 is 17.6 Å². The summed E-state index contributed by atoms with van der Waals surface area (Å²) in [4.78, 5) is 26.0. The van der Waals surface area contributed by atoms with Gasteiger partial charge in [0.1, 0.15) is 5.75 Å². The second-order valence-electron chi connectivity index (χ2n) is 7.56. The van der Waals surface area contributed by atoms with Crippen LogP contribution in [0.25, 0.3) is 0 Å². The number of piperidine rings is 1. The summed E-state index contributed by atoms with van der Waals surface area (Å²) in [5.74, 6) is -1.13. The van der Waals surface area contributed by atoms with Crippen LogP contribution in [-0.4, -0.2) is 43.2 Å². The largest absolute Gasteiger partial charge is 0.495 e. The van der Waals surface area contributed by atoms with E-state index in [-0.39, 0.29) is 11.9 Å². The number of nitrogens with zero attached hydrogens (tertiary/aromatic N) is 1. The van der Waals surface area contributed by atoms with Crippen molar-refractivity contribution in [3.05, 3.63) is 24.3 Å². The van der Waals surface area contributed by atoms with Gasteiger partial charge in [0.2, 0.25) is 5.91 Å². The summed E-state index contributed by atoms with van der Waals surface area (Å²) in [6, 6.07) is 8.04. The molecule has 1 aliphatic heterocycles. The fraction of sp³-hybridized carbons (Fsp3) is 0.579. The molecule has 2 aliphatic rings. The van der Waals surface area contributed by atoms with Crippen molar-refractivity contribution in [2.45, 2.75) is 32.7 Å². The molecule has 1 aromatic rings. The summed E-state index contributed by atoms with van der Waals surface area (Å²) < 4.78 is 5.42. The van der Waals surface area contributed by atoms with Crippen LogP contribution in [0.15, 0.2) is 24.3 Å². The molecule has 0 radical (unpaired) electrons. The molecule has 6 nitrogen and oxygen atoms in total. The van der Waals surface area contributed by atoms with Crippen molar-refractivity contribution in [3.8, 4) is 5.75 Å². The van der Waals surface area contributed by atoms with Crippen LogP contribution in [0, 0.1) is 17.3 Å². The minimum atomic E-state index is -0.879. The Labute approximate surface area is 148 Å². The summed E-state index contributed by atoms with van der Waals surface area (Å²) in [6.45, 7) is 5.37. The van der Waals surface area contributed by atoms with Gasteiger partial charge in [0.05, 0.1) is 24.6 Å². The number of hydrogen-bond donors (Lipinski definition) is 2. The highest BCUT2D eigenvalue weighted by Gasteiger charge is 2.66. The Bertz CT molecular complexity index is 665. The van der Waals surface area contributed by atoms with E-state index in [0.717, 1.165) is 37.4 Å². The van der Waals surface area contributed by atoms with E-state index >= 15 is 0 Å². The minimum Gasteiger partial charge on any atom is -0.495 e. The molecular formula is C19H26N2O4. The highest BCUT2D eigenvalue weighted by atomic mass is 16.5. The van der Waals surface area contributed by atoms with E-state index in [9.17, 15) is 14.7 Å². The molecule has 1 saturated carbocycles. The lowest BCUT2D eigenvalue weighted by Gasteiger charge is -2.34. The number of carbonyl (C=O) groups excluding carboxylic acids is 1. The van der Waals surface area contributed by atoms with Crippen molar-refractivity contribution in [2.24, 2.45) is 17.3 Å². The predicted molar refractivity (Wildman–Crippen MR) is 94.8 cm³/mol. The minimum absolute atomic E-state index is 0.101. The Morgan fingerprint density at radius 3 is 2.40 bits per heavy atom. The first-order chi connectivity index (χ1) is 11.9. The van der Waals surface area contributed by atoms with Crippen molar-refractivity contribution in [1.82, 2.24) is 5.32 Å². The van der Waals surface area contributed by atoms with Crippen LogP contribution < -0.4 is 15.0 Å². The van der Waals surface area contributed by atoms with Crippen LogP contribution in [0.2, 0.25) is 0 Å². The average molecular weight is 346 g/mol. The topological polar surface area (TPSA) is 78.9 Å². The molecule has 2 fully saturated rings. The Balaban J connectivity index is 1.55. The molecule has 0 aromatic heterocycles. The van der Waals surface area contributed by atoms with Gasteiger partial charge in [-0.05, 0) is 30.4 Å². The monoisotopic (exact) mass is 346 g/mol. The zero-order chi connectivity index (χ0) is 18.2. The maximum Gasteiger partial charge on any atom is 0.307 e. The van der Waals surface area contributed by atoms with Crippen LogP contribution in [0.1, 0.15) is 26.7 Å². The third kappa shape index (κ3) is 3.30. The van der Waals surface area contributed by atoms with Crippen LogP contribution in [0.4, 0.5) is 5.69 Å². The van der Waals surface area contributed by atoms with Crippen LogP contribution in [-0.2, 0) is 9.59 Å². The van der Waals surface area contributed by atoms with Gasteiger partial charge in [0.15, 0.2) is 0 Å². The second kappa shape index (κ2) is 6.58. The van der Waals surface area contributed by atoms with Gasteiger partial charge >= 0.3 is 5.97 Å². The number of carboxylic acid groups (broad SMARTS) is 1. The maximum absolute atomic E-state index is 12.4. The zero-order valence-electron chi connectivity index (χ0n) is 15.0. The van der Waals surface area contributed by atoms with Crippen molar-refractivity contribution < 1.29 is 19.4 Å². The summed E-state index contributed by atoms with van der Waals surface area (Å²) in [7, 11) is 1.67. The van der Waals surface area contributed by atoms with Crippen molar-refractivity contribution in [1.29, 1.82) is 0 Å². The number of hydrogen-bond acceptors (Lipinski definition) is 4. The van der Waals surface area contributed by atoms with E-state index in [1.165, 1.54) is 0 Å². The number of benzene rings is 1. The number of rotatable bonds is 5. The average Bonchev–Trinajstić information content (AvgIpc) is 3.18. The van der Waals surface area contributed by atoms with Crippen molar-refractivity contribution in [2.75, 3.05) is 25.1 Å². The van der Waals surface area contributed by atoms with Gasteiger partial charge in [-0.15, -0.1) is 0 Å². The van der Waals surface area contributed by atoms with Gasteiger partial charge in [-0.25, -0.2) is 0 Å². The number of ether oxygens (including phenoxy) is 1. The van der Waals surface area contributed by atoms with E-state index in [2.05, 4.69) is 10.2 Å². The second-order valence-corrected chi connectivity index (χ2v) is 7.56. The predicted octanol–water partition coefficient (Wildman–Crippen LogP) is 2.14. The molecule has 2 atom stereocenters. The van der Waals surface area contributed by atoms with Gasteiger partial charge in [0, 0.05) is 19.1 Å². The third-order valence-electron chi connectivity index (χ3n) is 5.64. The number of anilines is 1. The number of carboxylic acids is 1. The van der Waals surface area contributed by atoms with Gasteiger partial charge in [-0.1, -0.05) is 26.0 Å². The van der Waals surface area contributed by atoms with E-state index in [1.54, 1.807) is 7.11 Å². The molecule has 1 heterocycles. The number of amides is 1. The first kappa shape index (κ1) is 17.6. The molecule has 1 saturated heterocycles. The summed E-state index contributed by atoms with van der Waals surface area (Å²) in [5.41, 5.74) is 0.623. The number of methoxy groups -OCH3 is 1. The molecule has 0 spiro atoms. The van der Waals surface area contributed by atoms with Crippen molar-refractivity contribution in [3.63, 3.8) is 0 Å². The standard InChI is InChI=1S/C19H26N2O4/c1-19(2)15(16(19)18(23)24)17(22)20-12-8-10-21(11-9-12)13-6-4-5-7-14(13)25-3/h4-7,12,15-16H,8-11H2,1-3H3,(H,20,22)(H,23,24)/t15-,16+/m0/s1. The summed E-state index contributed by atoms with van der Waals surface area (Å²) in [6.07, 6.45) is 1.68. The lowest BCUT2D eigenvalue weighted by atomic mass is 10.0. The molecule has 0 unspecified atom stereocenters. The molecule has 0 bridgehead atoms. The van der Waals surface area contributed by atoms with E-state index in [0.29, 0.717) is 0 Å². The van der Waals surface area contributed by atoms with E-state index in [4.69, 9.17) is 4.74 Å². The number of aliphatic carboxylic acids is 1. The fourth-order valence-electron chi connectivity index (χ4n) is 4.03. The maximum atomic E-state index is 12.4. The van der Waals surface area contributed by atoms with Gasteiger partial charge in [-0.2, -0.15) is 0 Å². The lowest BCUT2D eigenvalue weighted by molar-refractivity contribution is -0.140. The molecule has 136 valence electrons. The summed E-state index contributed by atoms with van der Waals surface area (Å²) >= 11 is 0. The van der Waals surface area contributed by atoms with E-state index in [1.807, 2.05) is 38.1 Å². The van der Waals surface area contributed by atoms with Gasteiger partial charge in [-0.3, -0.25) is 9.59 Å². The quantitative estimate of drug-likeness (QED) is 0.854. The summed E-state index contributed by atoms with van der Waals surface area (Å²) in [5, 5.41) is 12.3. The molecule has 1 aromatic carbocycles. The highest BCUT2D eigenvalue weighted by Crippen LogP contribution is 2.58. The molecule has 3 rings (SSSR count). The Hall–Kier alpha value is -2.24. The highest BCUT2D eigenvalue weighted by molar-refractivity contribution is 5.91. The first-order valence-electron chi connectivity index (χ1n) is 8.77. The normalized spacial score (nSPS) is 25.3. The zero-order valence-corrected chi connectivity index (χ0v) is 15.0. The number of nitrogens with one attached hydrogen (secondary N) is 1. The Kier molecular flexibility index (Phi) is 4.62. The third-order valence-corrected chi connectivity index (χ3v) is 5.64. The molecule has 25 heavy (non-hydrogen) atoms. The first-order valence-corrected chi connectivity index (χ1v) is 8.77. The molecular weight excluding hydrogens is 320 g/mol. The molecule has 6 heteroatoms. The van der Waals surface area contributed by atoms with Crippen LogP contribution in [0.5, 0.6) is 5.75 Å². The SMILES string of the molecule is COc1ccccc1N1CCC(NC(=O)[C@@H]2[C@H](C(=O)O)C2(C)C)CC1. The van der Waals surface area contributed by atoms with Crippen LogP contribution >= 0.6 is 0 Å². The molecule has 1 amide bonds. The van der Waals surface area contributed by atoms with Crippen LogP contribution in [0.3, 0.4) is 0 Å².